The molecule has 1 atom stereocenters. The van der Waals surface area contributed by atoms with E-state index in [2.05, 4.69) is 86.8 Å². The minimum Gasteiger partial charge on any atom is -0.444 e. The molecule has 1 aliphatic rings. The van der Waals surface area contributed by atoms with Crippen LogP contribution in [0.15, 0.2) is 60.7 Å². The van der Waals surface area contributed by atoms with Gasteiger partial charge in [0.15, 0.2) is 0 Å². The lowest BCUT2D eigenvalue weighted by Gasteiger charge is -2.44. The van der Waals surface area contributed by atoms with Crippen molar-refractivity contribution in [2.24, 2.45) is 0 Å². The van der Waals surface area contributed by atoms with E-state index >= 15 is 0 Å². The van der Waals surface area contributed by atoms with Gasteiger partial charge in [0.2, 0.25) is 0 Å². The highest BCUT2D eigenvalue weighted by Gasteiger charge is 2.50. The topological polar surface area (TPSA) is 50.8 Å². The second-order valence-corrected chi connectivity index (χ2v) is 14.9. The van der Waals surface area contributed by atoms with Crippen LogP contribution in [0.1, 0.15) is 41.5 Å². The molecule has 174 valence electrons. The molecule has 1 saturated heterocycles. The van der Waals surface area contributed by atoms with E-state index in [4.69, 9.17) is 9.16 Å². The van der Waals surface area contributed by atoms with Crippen molar-refractivity contribution in [3.8, 4) is 0 Å². The van der Waals surface area contributed by atoms with Crippen LogP contribution in [0.5, 0.6) is 0 Å². The third-order valence-electron chi connectivity index (χ3n) is 5.83. The number of hydrogen-bond donors (Lipinski definition) is 1. The second kappa shape index (κ2) is 9.77. The van der Waals surface area contributed by atoms with Crippen LogP contribution in [0.2, 0.25) is 5.04 Å². The summed E-state index contributed by atoms with van der Waals surface area (Å²) in [5, 5.41) is 5.99. The van der Waals surface area contributed by atoms with Crippen LogP contribution in [0.3, 0.4) is 0 Å². The summed E-state index contributed by atoms with van der Waals surface area (Å²) < 4.78 is 12.6. The minimum absolute atomic E-state index is 0.0536. The molecular weight excluding hydrogens is 416 g/mol. The smallest absolute Gasteiger partial charge is 0.410 e. The van der Waals surface area contributed by atoms with Crippen molar-refractivity contribution in [1.29, 1.82) is 0 Å². The molecule has 5 nitrogen and oxygen atoms in total. The molecule has 0 bridgehead atoms. The van der Waals surface area contributed by atoms with Crippen LogP contribution in [-0.2, 0) is 9.16 Å². The normalized spacial score (nSPS) is 17.8. The molecule has 2 aromatic rings. The van der Waals surface area contributed by atoms with Crippen LogP contribution >= 0.6 is 0 Å². The Morgan fingerprint density at radius 1 is 0.969 bits per heavy atom. The molecule has 6 heteroatoms. The predicted octanol–water partition coefficient (Wildman–Crippen LogP) is 3.77. The summed E-state index contributed by atoms with van der Waals surface area (Å²) in [5.74, 6) is 0. The summed E-state index contributed by atoms with van der Waals surface area (Å²) in [4.78, 5) is 14.4. The van der Waals surface area contributed by atoms with Gasteiger partial charge in [0.05, 0.1) is 6.61 Å². The minimum atomic E-state index is -2.60. The first kappa shape index (κ1) is 24.5. The van der Waals surface area contributed by atoms with Crippen molar-refractivity contribution in [2.75, 3.05) is 26.2 Å². The molecule has 0 radical (unpaired) electrons. The Morgan fingerprint density at radius 2 is 1.50 bits per heavy atom. The van der Waals surface area contributed by atoms with Gasteiger partial charge in [-0.1, -0.05) is 81.4 Å². The highest BCUT2D eigenvalue weighted by atomic mass is 28.4. The summed E-state index contributed by atoms with van der Waals surface area (Å²) in [6.07, 6.45) is -0.255. The van der Waals surface area contributed by atoms with Crippen molar-refractivity contribution in [3.63, 3.8) is 0 Å². The van der Waals surface area contributed by atoms with Gasteiger partial charge < -0.3 is 19.4 Å². The zero-order valence-electron chi connectivity index (χ0n) is 20.4. The van der Waals surface area contributed by atoms with Crippen LogP contribution in [-0.4, -0.2) is 57.2 Å². The van der Waals surface area contributed by atoms with Crippen molar-refractivity contribution >= 4 is 24.8 Å². The lowest BCUT2D eigenvalue weighted by atomic mass is 10.2. The van der Waals surface area contributed by atoms with E-state index in [0.29, 0.717) is 19.7 Å². The fraction of sp³-hybridized carbons (Fsp3) is 0.500. The van der Waals surface area contributed by atoms with Gasteiger partial charge in [-0.05, 0) is 36.2 Å². The summed E-state index contributed by atoms with van der Waals surface area (Å²) >= 11 is 0. The van der Waals surface area contributed by atoms with E-state index in [0.717, 1.165) is 6.54 Å². The fourth-order valence-electron chi connectivity index (χ4n) is 4.42. The molecule has 0 aliphatic carbocycles. The van der Waals surface area contributed by atoms with Crippen LogP contribution in [0.4, 0.5) is 4.79 Å². The number of carbonyl (C=O) groups is 1. The monoisotopic (exact) mass is 454 g/mol. The third kappa shape index (κ3) is 5.60. The Labute approximate surface area is 194 Å². The molecule has 3 rings (SSSR count). The first-order valence-electron chi connectivity index (χ1n) is 11.5. The second-order valence-electron chi connectivity index (χ2n) is 10.6. The number of benzene rings is 2. The number of amides is 1. The van der Waals surface area contributed by atoms with Crippen LogP contribution in [0, 0.1) is 0 Å². The molecular formula is C26H38N2O3Si. The summed E-state index contributed by atoms with van der Waals surface area (Å²) in [6, 6.07) is 21.3. The first-order chi connectivity index (χ1) is 15.0. The highest BCUT2D eigenvalue weighted by molar-refractivity contribution is 6.99. The van der Waals surface area contributed by atoms with Crippen LogP contribution < -0.4 is 15.7 Å². The lowest BCUT2D eigenvalue weighted by Crippen LogP contribution is -2.68. The van der Waals surface area contributed by atoms with E-state index in [1.165, 1.54) is 10.4 Å². The SMILES string of the molecule is CC(C)(C)OC(=O)N1CCNC(CO[Si](c2ccccc2)(c2ccccc2)C(C)(C)C)C1. The summed E-state index contributed by atoms with van der Waals surface area (Å²) in [5.41, 5.74) is -0.497. The van der Waals surface area contributed by atoms with Crippen molar-refractivity contribution in [3.05, 3.63) is 60.7 Å². The standard InChI is InChI=1S/C26H38N2O3Si/c1-25(2,3)31-24(29)28-18-17-27-21(19-28)20-30-32(26(4,5)6,22-13-9-7-10-14-22)23-15-11-8-12-16-23/h7-16,21,27H,17-20H2,1-6H3. The van der Waals surface area contributed by atoms with Gasteiger partial charge >= 0.3 is 6.09 Å². The fourth-order valence-corrected chi connectivity index (χ4v) is 9.02. The zero-order valence-corrected chi connectivity index (χ0v) is 21.4. The molecule has 0 saturated carbocycles. The Hall–Kier alpha value is -2.15. The molecule has 1 unspecified atom stereocenters. The molecule has 0 spiro atoms. The van der Waals surface area contributed by atoms with Gasteiger partial charge in [0, 0.05) is 25.7 Å². The maximum Gasteiger partial charge on any atom is 0.410 e. The highest BCUT2D eigenvalue weighted by Crippen LogP contribution is 2.36. The molecule has 1 amide bonds. The number of rotatable bonds is 5. The number of ether oxygens (including phenoxy) is 1. The van der Waals surface area contributed by atoms with Gasteiger partial charge in [-0.2, -0.15) is 0 Å². The number of piperazine rings is 1. The van der Waals surface area contributed by atoms with E-state index < -0.39 is 13.9 Å². The van der Waals surface area contributed by atoms with E-state index in [-0.39, 0.29) is 17.2 Å². The summed E-state index contributed by atoms with van der Waals surface area (Å²) in [7, 11) is -2.60. The number of hydrogen-bond acceptors (Lipinski definition) is 4. The number of nitrogens with zero attached hydrogens (tertiary/aromatic N) is 1. The molecule has 1 aliphatic heterocycles. The Balaban J connectivity index is 1.86. The van der Waals surface area contributed by atoms with E-state index in [1.807, 2.05) is 20.8 Å². The van der Waals surface area contributed by atoms with Crippen molar-refractivity contribution in [1.82, 2.24) is 10.2 Å². The largest absolute Gasteiger partial charge is 0.444 e. The van der Waals surface area contributed by atoms with Gasteiger partial charge in [-0.15, -0.1) is 0 Å². The maximum atomic E-state index is 12.6. The molecule has 32 heavy (non-hydrogen) atoms. The Kier molecular flexibility index (Phi) is 7.48. The molecule has 1 fully saturated rings. The Morgan fingerprint density at radius 3 is 1.97 bits per heavy atom. The quantitative estimate of drug-likeness (QED) is 0.699. The van der Waals surface area contributed by atoms with Crippen molar-refractivity contribution in [2.45, 2.75) is 58.2 Å². The van der Waals surface area contributed by atoms with Gasteiger partial charge in [0.25, 0.3) is 8.32 Å². The van der Waals surface area contributed by atoms with Gasteiger partial charge in [-0.25, -0.2) is 4.79 Å². The van der Waals surface area contributed by atoms with Crippen molar-refractivity contribution < 1.29 is 14.0 Å². The predicted molar refractivity (Wildman–Crippen MR) is 133 cm³/mol. The van der Waals surface area contributed by atoms with E-state index in [1.54, 1.807) is 4.90 Å². The lowest BCUT2D eigenvalue weighted by molar-refractivity contribution is 0.0176. The van der Waals surface area contributed by atoms with E-state index in [9.17, 15) is 4.79 Å². The molecule has 1 N–H and O–H groups in total. The zero-order chi connectivity index (χ0) is 23.4. The average Bonchev–Trinajstić information content (AvgIpc) is 2.74. The average molecular weight is 455 g/mol. The Bertz CT molecular complexity index is 836. The maximum absolute atomic E-state index is 12.6. The molecule has 2 aromatic carbocycles. The summed E-state index contributed by atoms with van der Waals surface area (Å²) in [6.45, 7) is 15.0. The van der Waals surface area contributed by atoms with Crippen LogP contribution in [0.25, 0.3) is 0 Å². The van der Waals surface area contributed by atoms with Gasteiger partial charge in [0.1, 0.15) is 5.60 Å². The third-order valence-corrected chi connectivity index (χ3v) is 10.8. The first-order valence-corrected chi connectivity index (χ1v) is 13.4. The number of nitrogens with one attached hydrogen (secondary N) is 1. The molecule has 1 heterocycles. The van der Waals surface area contributed by atoms with Gasteiger partial charge in [-0.3, -0.25) is 0 Å². The molecule has 0 aromatic heterocycles. The number of carbonyl (C=O) groups excluding carboxylic acids is 1.